The lowest BCUT2D eigenvalue weighted by Crippen LogP contribution is -2.54. The van der Waals surface area contributed by atoms with Crippen molar-refractivity contribution >= 4 is 17.5 Å². The van der Waals surface area contributed by atoms with Gasteiger partial charge in [-0.1, -0.05) is 19.4 Å². The summed E-state index contributed by atoms with van der Waals surface area (Å²) < 4.78 is 0. The number of amides is 1. The predicted octanol–water partition coefficient (Wildman–Crippen LogP) is 3.20. The van der Waals surface area contributed by atoms with Crippen molar-refractivity contribution < 1.29 is 14.4 Å². The van der Waals surface area contributed by atoms with Crippen LogP contribution in [0.2, 0.25) is 0 Å². The molecule has 4 aliphatic carbocycles. The second-order valence-electron chi connectivity index (χ2n) is 9.32. The number of carbonyl (C=O) groups is 3. The Kier molecular flexibility index (Phi) is 3.75. The first-order valence-electron chi connectivity index (χ1n) is 9.79. The highest BCUT2D eigenvalue weighted by Crippen LogP contribution is 2.64. The molecule has 0 aromatic heterocycles. The molecule has 3 saturated carbocycles. The smallest absolute Gasteiger partial charge is 0.217 e. The van der Waals surface area contributed by atoms with E-state index in [1.54, 1.807) is 0 Å². The highest BCUT2D eigenvalue weighted by atomic mass is 16.2. The summed E-state index contributed by atoms with van der Waals surface area (Å²) in [5.74, 6) is 1.88. The average molecular weight is 343 g/mol. The Balaban J connectivity index is 1.66. The molecule has 3 fully saturated rings. The number of carbonyl (C=O) groups excluding carboxylic acids is 3. The molecule has 0 saturated heterocycles. The Morgan fingerprint density at radius 2 is 1.88 bits per heavy atom. The second kappa shape index (κ2) is 5.52. The van der Waals surface area contributed by atoms with E-state index < -0.39 is 0 Å². The maximum absolute atomic E-state index is 12.7. The number of ketones is 2. The Morgan fingerprint density at radius 3 is 2.60 bits per heavy atom. The van der Waals surface area contributed by atoms with Crippen LogP contribution in [0.1, 0.15) is 65.7 Å². The van der Waals surface area contributed by atoms with Gasteiger partial charge in [0.1, 0.15) is 0 Å². The molecule has 1 N–H and O–H groups in total. The number of fused-ring (bicyclic) bond motifs is 5. The van der Waals surface area contributed by atoms with E-state index in [4.69, 9.17) is 0 Å². The molecule has 4 rings (SSSR count). The topological polar surface area (TPSA) is 63.2 Å². The van der Waals surface area contributed by atoms with Gasteiger partial charge in [0.15, 0.2) is 11.6 Å². The summed E-state index contributed by atoms with van der Waals surface area (Å²) in [4.78, 5) is 36.2. The van der Waals surface area contributed by atoms with Crippen molar-refractivity contribution in [3.05, 3.63) is 11.6 Å². The zero-order chi connectivity index (χ0) is 18.0. The first-order valence-corrected chi connectivity index (χ1v) is 9.79. The Labute approximate surface area is 149 Å². The SMILES string of the molecule is CC(=O)N[C@H]1C(=O)C[C@@H]2[C@H]3CCC4=CC(=O)CC[C@]4(C)[C@@H]3CC[C@@]21C. The third-order valence-electron chi connectivity index (χ3n) is 8.15. The molecule has 0 heterocycles. The Bertz CT molecular complexity index is 681. The lowest BCUT2D eigenvalue weighted by molar-refractivity contribution is -0.127. The van der Waals surface area contributed by atoms with E-state index in [1.165, 1.54) is 12.5 Å². The predicted molar refractivity (Wildman–Crippen MR) is 94.7 cm³/mol. The second-order valence-corrected chi connectivity index (χ2v) is 9.32. The summed E-state index contributed by atoms with van der Waals surface area (Å²) in [7, 11) is 0. The summed E-state index contributed by atoms with van der Waals surface area (Å²) in [5, 5.41) is 2.95. The van der Waals surface area contributed by atoms with Gasteiger partial charge in [-0.2, -0.15) is 0 Å². The number of rotatable bonds is 1. The van der Waals surface area contributed by atoms with Crippen LogP contribution in [0, 0.1) is 28.6 Å². The minimum absolute atomic E-state index is 0.103. The third kappa shape index (κ3) is 2.36. The number of Topliss-reactive ketones (excluding diaryl/α,β-unsaturated/α-hetero) is 1. The molecular formula is C21H29NO3. The molecule has 4 heteroatoms. The van der Waals surface area contributed by atoms with E-state index in [2.05, 4.69) is 19.2 Å². The van der Waals surface area contributed by atoms with Gasteiger partial charge in [0.05, 0.1) is 6.04 Å². The zero-order valence-corrected chi connectivity index (χ0v) is 15.6. The van der Waals surface area contributed by atoms with Gasteiger partial charge in [-0.05, 0) is 66.8 Å². The Morgan fingerprint density at radius 1 is 1.12 bits per heavy atom. The quantitative estimate of drug-likeness (QED) is 0.795. The van der Waals surface area contributed by atoms with Gasteiger partial charge in [-0.15, -0.1) is 0 Å². The fourth-order valence-electron chi connectivity index (χ4n) is 6.80. The molecule has 0 unspecified atom stereocenters. The van der Waals surface area contributed by atoms with Gasteiger partial charge in [0, 0.05) is 19.8 Å². The van der Waals surface area contributed by atoms with Crippen LogP contribution >= 0.6 is 0 Å². The number of hydrogen-bond donors (Lipinski definition) is 1. The van der Waals surface area contributed by atoms with Crippen molar-refractivity contribution in [2.45, 2.75) is 71.8 Å². The molecule has 4 nitrogen and oxygen atoms in total. The van der Waals surface area contributed by atoms with Crippen molar-refractivity contribution in [3.63, 3.8) is 0 Å². The summed E-state index contributed by atoms with van der Waals surface area (Å²) in [6.07, 6.45) is 8.33. The van der Waals surface area contributed by atoms with Gasteiger partial charge in [-0.25, -0.2) is 0 Å². The molecule has 25 heavy (non-hydrogen) atoms. The third-order valence-corrected chi connectivity index (χ3v) is 8.15. The van der Waals surface area contributed by atoms with Crippen molar-refractivity contribution in [1.82, 2.24) is 5.32 Å². The average Bonchev–Trinajstić information content (AvgIpc) is 2.79. The standard InChI is InChI=1S/C21H29NO3/c1-12(23)22-19-18(25)11-17-15-5-4-13-10-14(24)6-8-20(13,2)16(15)7-9-21(17,19)3/h10,15-17,19H,4-9,11H2,1-3H3,(H,22,23)/t15-,16+,17+,19-,20-,21-/m0/s1. The van der Waals surface area contributed by atoms with Gasteiger partial charge >= 0.3 is 0 Å². The van der Waals surface area contributed by atoms with Crippen molar-refractivity contribution in [3.8, 4) is 0 Å². The van der Waals surface area contributed by atoms with E-state index >= 15 is 0 Å². The van der Waals surface area contributed by atoms with E-state index in [0.29, 0.717) is 30.6 Å². The van der Waals surface area contributed by atoms with Crippen LogP contribution in [-0.2, 0) is 14.4 Å². The maximum atomic E-state index is 12.7. The first-order chi connectivity index (χ1) is 11.8. The summed E-state index contributed by atoms with van der Waals surface area (Å²) in [5.41, 5.74) is 1.38. The van der Waals surface area contributed by atoms with E-state index in [9.17, 15) is 14.4 Å². The van der Waals surface area contributed by atoms with Crippen LogP contribution in [-0.4, -0.2) is 23.5 Å². The van der Waals surface area contributed by atoms with Crippen LogP contribution in [0.15, 0.2) is 11.6 Å². The first kappa shape index (κ1) is 17.0. The molecular weight excluding hydrogens is 314 g/mol. The van der Waals surface area contributed by atoms with Gasteiger partial charge < -0.3 is 5.32 Å². The molecule has 6 atom stereocenters. The minimum atomic E-state index is -0.311. The highest BCUT2D eigenvalue weighted by Gasteiger charge is 2.61. The van der Waals surface area contributed by atoms with Gasteiger partial charge in [0.2, 0.25) is 5.91 Å². The monoisotopic (exact) mass is 343 g/mol. The largest absolute Gasteiger partial charge is 0.346 e. The number of hydrogen-bond acceptors (Lipinski definition) is 3. The van der Waals surface area contributed by atoms with Gasteiger partial charge in [0.25, 0.3) is 0 Å². The van der Waals surface area contributed by atoms with E-state index in [-0.39, 0.29) is 34.3 Å². The molecule has 0 bridgehead atoms. The Hall–Kier alpha value is -1.45. The van der Waals surface area contributed by atoms with Crippen LogP contribution in [0.3, 0.4) is 0 Å². The van der Waals surface area contributed by atoms with Crippen molar-refractivity contribution in [2.75, 3.05) is 0 Å². The zero-order valence-electron chi connectivity index (χ0n) is 15.6. The fourth-order valence-corrected chi connectivity index (χ4v) is 6.80. The summed E-state index contributed by atoms with van der Waals surface area (Å²) in [6, 6.07) is -0.311. The highest BCUT2D eigenvalue weighted by molar-refractivity contribution is 5.92. The molecule has 0 aromatic rings. The summed E-state index contributed by atoms with van der Waals surface area (Å²) in [6.45, 7) is 6.08. The maximum Gasteiger partial charge on any atom is 0.217 e. The molecule has 0 spiro atoms. The van der Waals surface area contributed by atoms with Crippen LogP contribution in [0.4, 0.5) is 0 Å². The molecule has 1 amide bonds. The van der Waals surface area contributed by atoms with E-state index in [0.717, 1.165) is 32.1 Å². The molecule has 0 radical (unpaired) electrons. The van der Waals surface area contributed by atoms with Crippen LogP contribution in [0.25, 0.3) is 0 Å². The minimum Gasteiger partial charge on any atom is -0.346 e. The molecule has 0 aromatic carbocycles. The molecule has 136 valence electrons. The molecule has 0 aliphatic heterocycles. The number of allylic oxidation sites excluding steroid dienone is 1. The lowest BCUT2D eigenvalue weighted by Gasteiger charge is -2.57. The van der Waals surface area contributed by atoms with E-state index in [1.807, 2.05) is 6.08 Å². The van der Waals surface area contributed by atoms with Crippen LogP contribution in [0.5, 0.6) is 0 Å². The van der Waals surface area contributed by atoms with Crippen molar-refractivity contribution in [2.24, 2.45) is 28.6 Å². The van der Waals surface area contributed by atoms with Gasteiger partial charge in [-0.3, -0.25) is 14.4 Å². The molecule has 4 aliphatic rings. The fraction of sp³-hybridized carbons (Fsp3) is 0.762. The summed E-state index contributed by atoms with van der Waals surface area (Å²) >= 11 is 0. The number of nitrogens with one attached hydrogen (secondary N) is 1. The van der Waals surface area contributed by atoms with Crippen molar-refractivity contribution in [1.29, 1.82) is 0 Å². The lowest BCUT2D eigenvalue weighted by atomic mass is 9.47. The normalized spacial score (nSPS) is 46.0. The van der Waals surface area contributed by atoms with Crippen LogP contribution < -0.4 is 5.32 Å².